The van der Waals surface area contributed by atoms with Crippen LogP contribution in [-0.4, -0.2) is 27.0 Å². The molecular formula is C17H14ClFN2O4S. The fourth-order valence-corrected chi connectivity index (χ4v) is 4.81. The summed E-state index contributed by atoms with van der Waals surface area (Å²) in [7, 11) is -3.89. The Kier molecular flexibility index (Phi) is 4.13. The number of hydrogen-bond donors (Lipinski definition) is 2. The van der Waals surface area contributed by atoms with Crippen molar-refractivity contribution in [2.24, 2.45) is 0 Å². The molecule has 136 valence electrons. The Bertz CT molecular complexity index is 1010. The number of ether oxygens (including phenoxy) is 1. The van der Waals surface area contributed by atoms with Crippen LogP contribution in [0.4, 0.5) is 10.1 Å². The number of amides is 1. The van der Waals surface area contributed by atoms with Gasteiger partial charge >= 0.3 is 0 Å². The van der Waals surface area contributed by atoms with Crippen LogP contribution in [0.15, 0.2) is 41.3 Å². The van der Waals surface area contributed by atoms with Gasteiger partial charge in [0.1, 0.15) is 16.5 Å². The molecule has 2 N–H and O–H groups in total. The number of hydrogen-bond acceptors (Lipinski definition) is 4. The molecule has 6 nitrogen and oxygen atoms in total. The third kappa shape index (κ3) is 3.27. The molecule has 1 saturated carbocycles. The van der Waals surface area contributed by atoms with Crippen LogP contribution in [0.25, 0.3) is 0 Å². The van der Waals surface area contributed by atoms with E-state index in [2.05, 4.69) is 10.0 Å². The lowest BCUT2D eigenvalue weighted by Gasteiger charge is -2.19. The minimum absolute atomic E-state index is 0.0231. The second-order valence-electron chi connectivity index (χ2n) is 6.24. The highest BCUT2D eigenvalue weighted by molar-refractivity contribution is 7.89. The van der Waals surface area contributed by atoms with Gasteiger partial charge < -0.3 is 10.1 Å². The van der Waals surface area contributed by atoms with Crippen molar-refractivity contribution in [2.75, 3.05) is 11.9 Å². The van der Waals surface area contributed by atoms with E-state index in [4.69, 9.17) is 16.3 Å². The second kappa shape index (κ2) is 6.22. The summed E-state index contributed by atoms with van der Waals surface area (Å²) in [5, 5.41) is 2.54. The van der Waals surface area contributed by atoms with Crippen LogP contribution >= 0.6 is 11.6 Å². The van der Waals surface area contributed by atoms with E-state index in [0.717, 1.165) is 5.56 Å². The third-order valence-corrected chi connectivity index (χ3v) is 6.28. The van der Waals surface area contributed by atoms with E-state index >= 15 is 0 Å². The van der Waals surface area contributed by atoms with Crippen molar-refractivity contribution < 1.29 is 22.3 Å². The Morgan fingerprint density at radius 2 is 2.08 bits per heavy atom. The topological polar surface area (TPSA) is 84.5 Å². The van der Waals surface area contributed by atoms with Gasteiger partial charge in [-0.2, -0.15) is 0 Å². The summed E-state index contributed by atoms with van der Waals surface area (Å²) in [6.07, 6.45) is 0.581. The number of carbonyl (C=O) groups excluding carboxylic acids is 1. The number of sulfonamides is 1. The molecule has 26 heavy (non-hydrogen) atoms. The molecule has 0 aromatic heterocycles. The summed E-state index contributed by atoms with van der Waals surface area (Å²) in [6.45, 7) is -0.189. The lowest BCUT2D eigenvalue weighted by molar-refractivity contribution is -0.118. The van der Waals surface area contributed by atoms with Crippen LogP contribution in [0.5, 0.6) is 5.75 Å². The minimum Gasteiger partial charge on any atom is -0.482 e. The fraction of sp³-hybridized carbons (Fsp3) is 0.235. The summed E-state index contributed by atoms with van der Waals surface area (Å²) in [5.74, 6) is -0.523. The maximum Gasteiger partial charge on any atom is 0.262 e. The molecule has 0 spiro atoms. The molecule has 2 aromatic carbocycles. The molecule has 1 fully saturated rings. The van der Waals surface area contributed by atoms with Crippen LogP contribution < -0.4 is 14.8 Å². The van der Waals surface area contributed by atoms with Gasteiger partial charge in [-0.25, -0.2) is 17.5 Å². The molecule has 1 aliphatic heterocycles. The Balaban J connectivity index is 1.55. The number of benzene rings is 2. The molecule has 0 saturated heterocycles. The van der Waals surface area contributed by atoms with Crippen molar-refractivity contribution in [2.45, 2.75) is 23.3 Å². The van der Waals surface area contributed by atoms with Gasteiger partial charge in [0.2, 0.25) is 10.0 Å². The zero-order valence-corrected chi connectivity index (χ0v) is 14.9. The Morgan fingerprint density at radius 1 is 1.27 bits per heavy atom. The summed E-state index contributed by atoms with van der Waals surface area (Å²) in [6, 6.07) is 8.43. The zero-order chi connectivity index (χ0) is 18.5. The molecule has 4 rings (SSSR count). The number of halogens is 2. The van der Waals surface area contributed by atoms with E-state index in [1.54, 1.807) is 12.1 Å². The smallest absolute Gasteiger partial charge is 0.262 e. The first-order chi connectivity index (χ1) is 12.3. The van der Waals surface area contributed by atoms with Crippen molar-refractivity contribution >= 4 is 33.2 Å². The SMILES string of the molecule is O=C1COc2cc(S(=O)(=O)N[C@H]3C[C@@H]3c3cccc(F)c3)c(Cl)cc2N1. The number of carbonyl (C=O) groups is 1. The molecule has 0 bridgehead atoms. The van der Waals surface area contributed by atoms with Crippen molar-refractivity contribution in [3.8, 4) is 5.75 Å². The first-order valence-electron chi connectivity index (χ1n) is 7.87. The van der Waals surface area contributed by atoms with Crippen molar-refractivity contribution in [1.29, 1.82) is 0 Å². The fourth-order valence-electron chi connectivity index (χ4n) is 2.98. The molecule has 0 radical (unpaired) electrons. The number of anilines is 1. The van der Waals surface area contributed by atoms with Crippen LogP contribution in [0.3, 0.4) is 0 Å². The van der Waals surface area contributed by atoms with Gasteiger partial charge in [-0.3, -0.25) is 4.79 Å². The molecule has 1 amide bonds. The van der Waals surface area contributed by atoms with E-state index < -0.39 is 10.0 Å². The van der Waals surface area contributed by atoms with Gasteiger partial charge in [0.15, 0.2) is 6.61 Å². The summed E-state index contributed by atoms with van der Waals surface area (Å²) in [5.41, 5.74) is 1.08. The minimum atomic E-state index is -3.89. The number of nitrogens with one attached hydrogen (secondary N) is 2. The van der Waals surface area contributed by atoms with E-state index in [0.29, 0.717) is 12.1 Å². The van der Waals surface area contributed by atoms with Gasteiger partial charge in [0.25, 0.3) is 5.91 Å². The Morgan fingerprint density at radius 3 is 2.85 bits per heavy atom. The lowest BCUT2D eigenvalue weighted by atomic mass is 10.1. The standard InChI is InChI=1S/C17H14ClFN2O4S/c18-12-6-14-15(25-8-17(22)20-14)7-16(12)26(23,24)21-13-5-11(13)9-2-1-3-10(19)4-9/h1-4,6-7,11,13,21H,5,8H2,(H,20,22)/t11-,13+/m1/s1. The summed E-state index contributed by atoms with van der Waals surface area (Å²) >= 11 is 6.10. The molecule has 9 heteroatoms. The Hall–Kier alpha value is -2.16. The second-order valence-corrected chi connectivity index (χ2v) is 8.33. The van der Waals surface area contributed by atoms with Gasteiger partial charge in [-0.1, -0.05) is 23.7 Å². The monoisotopic (exact) mass is 396 g/mol. The van der Waals surface area contributed by atoms with Crippen LogP contribution in [0.1, 0.15) is 17.9 Å². The summed E-state index contributed by atoms with van der Waals surface area (Å²) < 4.78 is 46.5. The van der Waals surface area contributed by atoms with Crippen molar-refractivity contribution in [3.05, 3.63) is 52.8 Å². The number of rotatable bonds is 4. The van der Waals surface area contributed by atoms with Gasteiger partial charge in [0.05, 0.1) is 10.7 Å². The van der Waals surface area contributed by atoms with Gasteiger partial charge in [-0.05, 0) is 30.2 Å². The highest BCUT2D eigenvalue weighted by atomic mass is 35.5. The van der Waals surface area contributed by atoms with E-state index in [-0.39, 0.29) is 46.0 Å². The molecule has 1 heterocycles. The molecule has 2 atom stereocenters. The predicted octanol–water partition coefficient (Wildman–Crippen LogP) is 2.64. The van der Waals surface area contributed by atoms with E-state index in [9.17, 15) is 17.6 Å². The van der Waals surface area contributed by atoms with Crippen molar-refractivity contribution in [3.63, 3.8) is 0 Å². The van der Waals surface area contributed by atoms with Gasteiger partial charge in [0, 0.05) is 18.0 Å². The molecule has 2 aliphatic rings. The normalized spacial score (nSPS) is 21.5. The zero-order valence-electron chi connectivity index (χ0n) is 13.3. The molecule has 1 aliphatic carbocycles. The average Bonchev–Trinajstić information content (AvgIpc) is 3.32. The molecule has 2 aromatic rings. The van der Waals surface area contributed by atoms with Gasteiger partial charge in [-0.15, -0.1) is 0 Å². The third-order valence-electron chi connectivity index (χ3n) is 4.33. The van der Waals surface area contributed by atoms with E-state index in [1.807, 2.05) is 0 Å². The largest absolute Gasteiger partial charge is 0.482 e. The maximum absolute atomic E-state index is 13.3. The first kappa shape index (κ1) is 17.3. The molecular weight excluding hydrogens is 383 g/mol. The molecule has 0 unspecified atom stereocenters. The maximum atomic E-state index is 13.3. The Labute approximate surface area is 154 Å². The van der Waals surface area contributed by atoms with E-state index in [1.165, 1.54) is 24.3 Å². The highest BCUT2D eigenvalue weighted by Crippen LogP contribution is 2.43. The highest BCUT2D eigenvalue weighted by Gasteiger charge is 2.42. The quantitative estimate of drug-likeness (QED) is 0.832. The number of fused-ring (bicyclic) bond motifs is 1. The van der Waals surface area contributed by atoms with Crippen LogP contribution in [-0.2, 0) is 14.8 Å². The first-order valence-corrected chi connectivity index (χ1v) is 9.73. The summed E-state index contributed by atoms with van der Waals surface area (Å²) in [4.78, 5) is 11.2. The lowest BCUT2D eigenvalue weighted by Crippen LogP contribution is -2.28. The average molecular weight is 397 g/mol. The van der Waals surface area contributed by atoms with Crippen molar-refractivity contribution in [1.82, 2.24) is 4.72 Å². The van der Waals surface area contributed by atoms with Crippen LogP contribution in [0, 0.1) is 5.82 Å². The van der Waals surface area contributed by atoms with Crippen LogP contribution in [0.2, 0.25) is 5.02 Å². The predicted molar refractivity (Wildman–Crippen MR) is 93.4 cm³/mol.